The van der Waals surface area contributed by atoms with Gasteiger partial charge in [0.2, 0.25) is 0 Å². The summed E-state index contributed by atoms with van der Waals surface area (Å²) >= 11 is 0. The minimum atomic E-state index is -2.04. The van der Waals surface area contributed by atoms with Crippen molar-refractivity contribution >= 4 is 11.8 Å². The first-order valence-electron chi connectivity index (χ1n) is 31.1. The van der Waals surface area contributed by atoms with Crippen LogP contribution in [0.2, 0.25) is 0 Å². The fourth-order valence-corrected chi connectivity index (χ4v) is 16.1. The van der Waals surface area contributed by atoms with E-state index in [0.29, 0.717) is 38.5 Å². The second-order valence-electron chi connectivity index (χ2n) is 26.7. The average Bonchev–Trinajstić information content (AvgIpc) is 1.34. The summed E-state index contributed by atoms with van der Waals surface area (Å²) in [6, 6.07) is 0. The van der Waals surface area contributed by atoms with Crippen molar-refractivity contribution in [3.63, 3.8) is 0 Å². The summed E-state index contributed by atoms with van der Waals surface area (Å²) in [5, 5.41) is 79.0. The van der Waals surface area contributed by atoms with Gasteiger partial charge in [-0.2, -0.15) is 0 Å². The van der Waals surface area contributed by atoms with Crippen LogP contribution in [-0.2, 0) is 80.6 Å². The Kier molecular flexibility index (Phi) is 21.2. The van der Waals surface area contributed by atoms with E-state index in [9.17, 15) is 45.3 Å². The van der Waals surface area contributed by atoms with E-state index in [0.717, 1.165) is 11.1 Å². The SMILES string of the molecule is CO[C@H]1CC(OC2CC[C@@]3(C)C(=CC[C@]4(O)C3C[C@@H](OC(=O)/C=C(/C)C(C)C)[C@@]3(C)[C@]4(O)CC[C@@]3(O)C(C)=O)C2)O[C@H](C)[C@H]1O[C@H]1C[C@@H](OC)[C@H](O[C@H]2C[C@@H](OC)[C@H](O[C@H]3C[C@H](OC)[C@H](O[C@@H]4O[C@H](CO)[C@@H](O)[C@H](O)[C@H]4O)[C@@H](C)O3)[C@@H](C)O2)[C@@H](C)O1. The fourth-order valence-electron chi connectivity index (χ4n) is 16.1. The van der Waals surface area contributed by atoms with Crippen LogP contribution in [0.15, 0.2) is 23.3 Å². The van der Waals surface area contributed by atoms with Crippen molar-refractivity contribution in [1.29, 1.82) is 0 Å². The number of ether oxygens (including phenoxy) is 15. The molecule has 86 heavy (non-hydrogen) atoms. The quantitative estimate of drug-likeness (QED) is 0.0555. The van der Waals surface area contributed by atoms with E-state index in [1.165, 1.54) is 20.1 Å². The smallest absolute Gasteiger partial charge is 0.330 e. The predicted molar refractivity (Wildman–Crippen MR) is 301 cm³/mol. The summed E-state index contributed by atoms with van der Waals surface area (Å²) in [7, 11) is 6.35. The van der Waals surface area contributed by atoms with Gasteiger partial charge in [-0.25, -0.2) is 4.79 Å². The maximum atomic E-state index is 13.6. The number of carbonyl (C=O) groups excluding carboxylic acids is 2. The van der Waals surface area contributed by atoms with Gasteiger partial charge in [-0.15, -0.1) is 0 Å². The summed E-state index contributed by atoms with van der Waals surface area (Å²) in [6.45, 7) is 17.6. The zero-order valence-electron chi connectivity index (χ0n) is 52.6. The molecule has 8 fully saturated rings. The Morgan fingerprint density at radius 3 is 1.55 bits per heavy atom. The third kappa shape index (κ3) is 12.4. The number of aliphatic hydroxyl groups excluding tert-OH is 4. The van der Waals surface area contributed by atoms with Crippen LogP contribution >= 0.6 is 0 Å². The normalized spacial score (nSPS) is 50.0. The molecule has 9 aliphatic rings. The summed E-state index contributed by atoms with van der Waals surface area (Å²) in [6.07, 6.45) is -11.6. The second kappa shape index (κ2) is 26.8. The van der Waals surface area contributed by atoms with Gasteiger partial charge in [-0.1, -0.05) is 38.0 Å². The largest absolute Gasteiger partial charge is 0.458 e. The Hall–Kier alpha value is -2.22. The van der Waals surface area contributed by atoms with Crippen LogP contribution < -0.4 is 0 Å². The molecule has 3 unspecified atom stereocenters. The number of hydrogen-bond acceptors (Lipinski definition) is 24. The van der Waals surface area contributed by atoms with Crippen LogP contribution in [0.25, 0.3) is 0 Å². The summed E-state index contributed by atoms with van der Waals surface area (Å²) in [4.78, 5) is 27.0. The standard InChI is InChI=1S/C62H100O24/c1-29(2)30(3)21-45(65)82-44-27-43-58(9)17-16-37(22-36(58)15-18-61(43,70)62(71)20-19-60(69,35(8)64)59(44,62)10)80-46-23-38(72-11)53(31(4)76-46)83-47-24-39(73-12)54(32(5)77-47)84-48-25-40(74-13)55(33(6)78-48)85-49-26-41(75-14)56(34(7)79-49)86-57-52(68)51(67)50(66)42(28-63)81-57/h15,21,29,31-34,37-44,46-57,63,66-71H,16-20,22-28H2,1-14H3/b30-21-/t31-,32-,33-,34-,37?,38+,39-,40-,41+,42-,43?,44-,46?,47+,48+,49+,50-,51+,52-,53-,54-,55-,56-,57+,58+,59-,60-,61+,62-/m1/s1. The van der Waals surface area contributed by atoms with Crippen LogP contribution in [0.4, 0.5) is 0 Å². The zero-order valence-corrected chi connectivity index (χ0v) is 52.6. The van der Waals surface area contributed by atoms with Gasteiger partial charge < -0.3 is 107 Å². The van der Waals surface area contributed by atoms with Crippen LogP contribution in [0, 0.1) is 22.7 Å². The van der Waals surface area contributed by atoms with Crippen molar-refractivity contribution in [2.45, 2.75) is 298 Å². The number of Topliss-reactive ketones (excluding diaryl/α,β-unsaturated/α-hetero) is 1. The summed E-state index contributed by atoms with van der Waals surface area (Å²) < 4.78 is 94.3. The number of methoxy groups -OCH3 is 4. The van der Waals surface area contributed by atoms with E-state index in [2.05, 4.69) is 6.92 Å². The molecule has 7 N–H and O–H groups in total. The highest BCUT2D eigenvalue weighted by molar-refractivity contribution is 5.87. The van der Waals surface area contributed by atoms with Crippen molar-refractivity contribution in [3.05, 3.63) is 23.3 Å². The lowest BCUT2D eigenvalue weighted by Crippen LogP contribution is -2.78. The second-order valence-corrected chi connectivity index (χ2v) is 26.7. The highest BCUT2D eigenvalue weighted by atomic mass is 16.8. The lowest BCUT2D eigenvalue weighted by atomic mass is 9.42. The first kappa shape index (κ1) is 68.2. The van der Waals surface area contributed by atoms with Crippen molar-refractivity contribution < 1.29 is 116 Å². The van der Waals surface area contributed by atoms with Gasteiger partial charge in [0.1, 0.15) is 71.7 Å². The Labute approximate surface area is 505 Å². The molecule has 5 saturated heterocycles. The molecule has 24 nitrogen and oxygen atoms in total. The van der Waals surface area contributed by atoms with Gasteiger partial charge in [0.05, 0.1) is 67.0 Å². The van der Waals surface area contributed by atoms with Gasteiger partial charge >= 0.3 is 5.97 Å². The van der Waals surface area contributed by atoms with Crippen LogP contribution in [-0.4, -0.2) is 241 Å². The number of hydrogen-bond donors (Lipinski definition) is 7. The molecule has 0 bridgehead atoms. The Morgan fingerprint density at radius 2 is 1.10 bits per heavy atom. The molecule has 24 heteroatoms. The average molecular weight is 1230 g/mol. The number of aliphatic hydroxyl groups is 7. The maximum Gasteiger partial charge on any atom is 0.330 e. The molecule has 5 aliphatic heterocycles. The Morgan fingerprint density at radius 1 is 0.640 bits per heavy atom. The maximum absolute atomic E-state index is 13.6. The predicted octanol–water partition coefficient (Wildman–Crippen LogP) is 2.95. The van der Waals surface area contributed by atoms with Gasteiger partial charge in [0.15, 0.2) is 37.2 Å². The molecular weight excluding hydrogens is 1130 g/mol. The molecule has 0 amide bonds. The van der Waals surface area contributed by atoms with E-state index in [-0.39, 0.29) is 44.1 Å². The topological polar surface area (TPSA) is 314 Å². The number of ketones is 1. The van der Waals surface area contributed by atoms with Crippen LogP contribution in [0.5, 0.6) is 0 Å². The lowest BCUT2D eigenvalue weighted by molar-refractivity contribution is -0.358. The molecule has 492 valence electrons. The third-order valence-electron chi connectivity index (χ3n) is 21.7. The molecule has 3 saturated carbocycles. The molecule has 5 heterocycles. The Balaban J connectivity index is 0.779. The molecule has 4 aliphatic carbocycles. The van der Waals surface area contributed by atoms with Gasteiger partial charge in [0.25, 0.3) is 0 Å². The molecule has 0 spiro atoms. The van der Waals surface area contributed by atoms with Crippen LogP contribution in [0.1, 0.15) is 140 Å². The lowest BCUT2D eigenvalue weighted by Gasteiger charge is -2.67. The molecule has 0 aromatic carbocycles. The minimum absolute atomic E-state index is 0.0490. The van der Waals surface area contributed by atoms with Gasteiger partial charge in [0, 0.05) is 66.1 Å². The van der Waals surface area contributed by atoms with E-state index in [1.807, 2.05) is 47.6 Å². The highest BCUT2D eigenvalue weighted by Gasteiger charge is 2.81. The van der Waals surface area contributed by atoms with Crippen LogP contribution in [0.3, 0.4) is 0 Å². The number of fused-ring (bicyclic) bond motifs is 5. The minimum Gasteiger partial charge on any atom is -0.458 e. The highest BCUT2D eigenvalue weighted by Crippen LogP contribution is 2.71. The summed E-state index contributed by atoms with van der Waals surface area (Å²) in [5.41, 5.74) is -6.22. The number of esters is 1. The molecule has 0 aromatic rings. The number of allylic oxidation sites excluding steroid dienone is 1. The molecule has 0 radical (unpaired) electrons. The monoisotopic (exact) mass is 1230 g/mol. The van der Waals surface area contributed by atoms with E-state index >= 15 is 0 Å². The zero-order chi connectivity index (χ0) is 62.7. The van der Waals surface area contributed by atoms with Gasteiger partial charge in [-0.3, -0.25) is 4.79 Å². The fraction of sp³-hybridized carbons (Fsp3) is 0.903. The summed E-state index contributed by atoms with van der Waals surface area (Å²) in [5.74, 6) is -1.67. The molecule has 29 atom stereocenters. The van der Waals surface area contributed by atoms with E-state index in [1.54, 1.807) is 35.2 Å². The van der Waals surface area contributed by atoms with E-state index < -0.39 is 187 Å². The number of carbonyl (C=O) groups is 2. The first-order valence-corrected chi connectivity index (χ1v) is 31.1. The first-order chi connectivity index (χ1) is 40.5. The van der Waals surface area contributed by atoms with Crippen molar-refractivity contribution in [2.75, 3.05) is 35.0 Å². The molecular formula is C62H100O24. The van der Waals surface area contributed by atoms with Crippen molar-refractivity contribution in [3.8, 4) is 0 Å². The molecule has 9 rings (SSSR count). The van der Waals surface area contributed by atoms with Crippen molar-refractivity contribution in [1.82, 2.24) is 0 Å². The third-order valence-corrected chi connectivity index (χ3v) is 21.7. The molecule has 0 aromatic heterocycles. The van der Waals surface area contributed by atoms with E-state index in [4.69, 9.17) is 71.1 Å². The Bertz CT molecular complexity index is 2390. The van der Waals surface area contributed by atoms with Gasteiger partial charge in [-0.05, 0) is 105 Å². The number of rotatable bonds is 19. The van der Waals surface area contributed by atoms with Crippen molar-refractivity contribution in [2.24, 2.45) is 22.7 Å².